The van der Waals surface area contributed by atoms with E-state index in [1.165, 1.54) is 5.56 Å². The van der Waals surface area contributed by atoms with E-state index in [2.05, 4.69) is 78.9 Å². The van der Waals surface area contributed by atoms with Crippen LogP contribution < -0.4 is 16.0 Å². The molecule has 0 saturated carbocycles. The molecule has 3 N–H and O–H groups in total. The highest BCUT2D eigenvalue weighted by Gasteiger charge is 2.22. The number of hydrogen-bond acceptors (Lipinski definition) is 4. The molecule has 0 radical (unpaired) electrons. The third kappa shape index (κ3) is 11.0. The Balaban J connectivity index is 0.00000480. The zero-order chi connectivity index (χ0) is 21.8. The van der Waals surface area contributed by atoms with Gasteiger partial charge in [0.1, 0.15) is 0 Å². The summed E-state index contributed by atoms with van der Waals surface area (Å²) in [6, 6.07) is 11.4. The van der Waals surface area contributed by atoms with Gasteiger partial charge in [0.05, 0.1) is 6.54 Å². The standard InChI is InChI=1S/C24H43N5O.HI/c1-6-25-23(27-22-13-16-29(17-14-22)15-10-18-30-5)26-19-24(3,4)28-20(2)21-11-8-7-9-12-21;/h7-9,11-12,20,22,28H,6,10,13-19H2,1-5H3,(H2,25,26,27);1H. The molecule has 1 heterocycles. The van der Waals surface area contributed by atoms with Crippen LogP contribution in [0.4, 0.5) is 0 Å². The molecular weight excluding hydrogens is 501 g/mol. The van der Waals surface area contributed by atoms with Crippen LogP contribution in [-0.4, -0.2) is 68.9 Å². The summed E-state index contributed by atoms with van der Waals surface area (Å²) in [5, 5.41) is 10.8. The number of benzene rings is 1. The fourth-order valence-electron chi connectivity index (χ4n) is 3.98. The van der Waals surface area contributed by atoms with Gasteiger partial charge in [-0.2, -0.15) is 0 Å². The fourth-order valence-corrected chi connectivity index (χ4v) is 3.98. The first-order valence-corrected chi connectivity index (χ1v) is 11.5. The van der Waals surface area contributed by atoms with Gasteiger partial charge in [0.2, 0.25) is 0 Å². The number of rotatable bonds is 11. The number of halogens is 1. The van der Waals surface area contributed by atoms with E-state index in [9.17, 15) is 0 Å². The SMILES string of the molecule is CCNC(=NCC(C)(C)NC(C)c1ccccc1)NC1CCN(CCCOC)CC1.I. The van der Waals surface area contributed by atoms with Gasteiger partial charge in [-0.05, 0) is 52.5 Å². The van der Waals surface area contributed by atoms with E-state index in [4.69, 9.17) is 9.73 Å². The van der Waals surface area contributed by atoms with Crippen LogP contribution in [0.5, 0.6) is 0 Å². The highest BCUT2D eigenvalue weighted by molar-refractivity contribution is 14.0. The molecule has 2 rings (SSSR count). The van der Waals surface area contributed by atoms with Crippen molar-refractivity contribution in [1.82, 2.24) is 20.9 Å². The first-order valence-electron chi connectivity index (χ1n) is 11.5. The number of methoxy groups -OCH3 is 1. The van der Waals surface area contributed by atoms with Gasteiger partial charge < -0.3 is 25.6 Å². The van der Waals surface area contributed by atoms with E-state index >= 15 is 0 Å². The minimum Gasteiger partial charge on any atom is -0.385 e. The Hall–Kier alpha value is -0.900. The van der Waals surface area contributed by atoms with Crippen LogP contribution in [0.1, 0.15) is 58.6 Å². The topological polar surface area (TPSA) is 60.9 Å². The molecule has 0 bridgehead atoms. The van der Waals surface area contributed by atoms with Crippen molar-refractivity contribution in [2.24, 2.45) is 4.99 Å². The molecule has 178 valence electrons. The predicted octanol–water partition coefficient (Wildman–Crippen LogP) is 3.79. The lowest BCUT2D eigenvalue weighted by Gasteiger charge is -2.33. The van der Waals surface area contributed by atoms with Gasteiger partial charge in [0.15, 0.2) is 5.96 Å². The average molecular weight is 546 g/mol. The fraction of sp³-hybridized carbons (Fsp3) is 0.708. The Bertz CT molecular complexity index is 618. The van der Waals surface area contributed by atoms with Crippen molar-refractivity contribution < 1.29 is 4.74 Å². The molecule has 1 aliphatic heterocycles. The largest absolute Gasteiger partial charge is 0.385 e. The summed E-state index contributed by atoms with van der Waals surface area (Å²) in [5.74, 6) is 0.928. The summed E-state index contributed by atoms with van der Waals surface area (Å²) in [6.45, 7) is 14.6. The maximum Gasteiger partial charge on any atom is 0.191 e. The monoisotopic (exact) mass is 545 g/mol. The molecule has 0 spiro atoms. The minimum absolute atomic E-state index is 0. The summed E-state index contributed by atoms with van der Waals surface area (Å²) >= 11 is 0. The molecule has 1 fully saturated rings. The van der Waals surface area contributed by atoms with Gasteiger partial charge >= 0.3 is 0 Å². The van der Waals surface area contributed by atoms with Crippen molar-refractivity contribution in [3.8, 4) is 0 Å². The molecule has 7 heteroatoms. The van der Waals surface area contributed by atoms with Crippen molar-refractivity contribution in [2.75, 3.05) is 46.4 Å². The Morgan fingerprint density at radius 1 is 1.23 bits per heavy atom. The van der Waals surface area contributed by atoms with E-state index in [0.29, 0.717) is 6.04 Å². The summed E-state index contributed by atoms with van der Waals surface area (Å²) in [5.41, 5.74) is 1.21. The van der Waals surface area contributed by atoms with Crippen molar-refractivity contribution in [2.45, 2.75) is 64.6 Å². The quantitative estimate of drug-likeness (QED) is 0.171. The summed E-state index contributed by atoms with van der Waals surface area (Å²) in [7, 11) is 1.77. The third-order valence-electron chi connectivity index (χ3n) is 5.63. The highest BCUT2D eigenvalue weighted by atomic mass is 127. The Morgan fingerprint density at radius 3 is 2.52 bits per heavy atom. The normalized spacial score (nSPS) is 17.1. The summed E-state index contributed by atoms with van der Waals surface area (Å²) in [4.78, 5) is 7.45. The molecule has 1 aromatic carbocycles. The molecule has 1 unspecified atom stereocenters. The average Bonchev–Trinajstić information content (AvgIpc) is 2.74. The number of piperidine rings is 1. The number of nitrogens with zero attached hydrogens (tertiary/aromatic N) is 2. The second-order valence-corrected chi connectivity index (χ2v) is 8.96. The Labute approximate surface area is 207 Å². The lowest BCUT2D eigenvalue weighted by Crippen LogP contribution is -2.50. The predicted molar refractivity (Wildman–Crippen MR) is 143 cm³/mol. The number of likely N-dealkylation sites (tertiary alicyclic amines) is 1. The maximum absolute atomic E-state index is 5.17. The van der Waals surface area contributed by atoms with Crippen LogP contribution in [0.15, 0.2) is 35.3 Å². The highest BCUT2D eigenvalue weighted by Crippen LogP contribution is 2.16. The number of nitrogens with one attached hydrogen (secondary N) is 3. The smallest absolute Gasteiger partial charge is 0.191 e. The lowest BCUT2D eigenvalue weighted by atomic mass is 10.0. The van der Waals surface area contributed by atoms with E-state index in [-0.39, 0.29) is 35.6 Å². The maximum atomic E-state index is 5.17. The molecule has 0 aromatic heterocycles. The second-order valence-electron chi connectivity index (χ2n) is 8.96. The van der Waals surface area contributed by atoms with Gasteiger partial charge in [-0.25, -0.2) is 0 Å². The van der Waals surface area contributed by atoms with Crippen LogP contribution in [0.3, 0.4) is 0 Å². The van der Waals surface area contributed by atoms with E-state index in [0.717, 1.165) is 64.6 Å². The van der Waals surface area contributed by atoms with Crippen LogP contribution in [0.2, 0.25) is 0 Å². The third-order valence-corrected chi connectivity index (χ3v) is 5.63. The van der Waals surface area contributed by atoms with Gasteiger partial charge in [-0.15, -0.1) is 24.0 Å². The number of aliphatic imine (C=N–C) groups is 1. The second kappa shape index (κ2) is 15.0. The van der Waals surface area contributed by atoms with Crippen molar-refractivity contribution in [3.05, 3.63) is 35.9 Å². The van der Waals surface area contributed by atoms with Gasteiger partial charge in [-0.3, -0.25) is 4.99 Å². The van der Waals surface area contributed by atoms with E-state index in [1.807, 2.05) is 0 Å². The van der Waals surface area contributed by atoms with Crippen molar-refractivity contribution >= 4 is 29.9 Å². The number of hydrogen-bond donors (Lipinski definition) is 3. The number of ether oxygens (including phenoxy) is 1. The van der Waals surface area contributed by atoms with Gasteiger partial charge in [0, 0.05) is 57.5 Å². The Morgan fingerprint density at radius 2 is 1.90 bits per heavy atom. The molecule has 31 heavy (non-hydrogen) atoms. The van der Waals surface area contributed by atoms with Crippen molar-refractivity contribution in [3.63, 3.8) is 0 Å². The molecule has 1 saturated heterocycles. The molecule has 1 aromatic rings. The molecule has 6 nitrogen and oxygen atoms in total. The van der Waals surface area contributed by atoms with Crippen LogP contribution in [0, 0.1) is 0 Å². The first-order chi connectivity index (χ1) is 14.4. The van der Waals surface area contributed by atoms with E-state index in [1.54, 1.807) is 7.11 Å². The molecule has 0 amide bonds. The van der Waals surface area contributed by atoms with Crippen LogP contribution in [-0.2, 0) is 4.74 Å². The molecular formula is C24H44IN5O. The number of guanidine groups is 1. The zero-order valence-corrected chi connectivity index (χ0v) is 22.4. The van der Waals surface area contributed by atoms with Crippen LogP contribution >= 0.6 is 24.0 Å². The zero-order valence-electron chi connectivity index (χ0n) is 20.1. The van der Waals surface area contributed by atoms with Gasteiger partial charge in [-0.1, -0.05) is 30.3 Å². The lowest BCUT2D eigenvalue weighted by molar-refractivity contribution is 0.155. The summed E-state index contributed by atoms with van der Waals surface area (Å²) in [6.07, 6.45) is 3.43. The molecule has 1 aliphatic rings. The molecule has 1 atom stereocenters. The Kier molecular flexibility index (Phi) is 13.6. The molecule has 0 aliphatic carbocycles. The summed E-state index contributed by atoms with van der Waals surface area (Å²) < 4.78 is 5.17. The van der Waals surface area contributed by atoms with Crippen molar-refractivity contribution in [1.29, 1.82) is 0 Å². The minimum atomic E-state index is -0.0949. The van der Waals surface area contributed by atoms with E-state index < -0.39 is 0 Å². The van der Waals surface area contributed by atoms with Gasteiger partial charge in [0.25, 0.3) is 0 Å². The van der Waals surface area contributed by atoms with Crippen LogP contribution in [0.25, 0.3) is 0 Å². The first kappa shape index (κ1) is 28.1.